The van der Waals surface area contributed by atoms with Crippen LogP contribution in [-0.4, -0.2) is 32.6 Å². The monoisotopic (exact) mass is 292 g/mol. The van der Waals surface area contributed by atoms with Crippen LogP contribution < -0.4 is 0 Å². The maximum Gasteiger partial charge on any atom is 0.0964 e. The Bertz CT molecular complexity index is 190. The summed E-state index contributed by atoms with van der Waals surface area (Å²) in [6.07, 6.45) is 8.00. The van der Waals surface area contributed by atoms with E-state index in [4.69, 9.17) is 0 Å². The lowest BCUT2D eigenvalue weighted by molar-refractivity contribution is 0.255. The third-order valence-corrected chi connectivity index (χ3v) is 5.57. The van der Waals surface area contributed by atoms with E-state index in [9.17, 15) is 10.2 Å². The molecule has 0 aliphatic heterocycles. The average molecular weight is 293 g/mol. The van der Waals surface area contributed by atoms with Gasteiger partial charge in [-0.25, -0.2) is 0 Å². The molecule has 0 amide bonds. The Kier molecular flexibility index (Phi) is 8.81. The van der Waals surface area contributed by atoms with Crippen LogP contribution in [0.5, 0.6) is 0 Å². The highest BCUT2D eigenvalue weighted by Gasteiger charge is 2.21. The van der Waals surface area contributed by atoms with E-state index in [1.54, 1.807) is 23.5 Å². The van der Waals surface area contributed by atoms with Crippen molar-refractivity contribution in [2.75, 3.05) is 11.5 Å². The summed E-state index contributed by atoms with van der Waals surface area (Å²) in [4.78, 5) is 0. The molecule has 0 aromatic heterocycles. The second-order valence-electron chi connectivity index (χ2n) is 5.42. The molecule has 1 rings (SSSR count). The summed E-state index contributed by atoms with van der Waals surface area (Å²) >= 11 is 3.33. The first-order chi connectivity index (χ1) is 8.58. The van der Waals surface area contributed by atoms with Gasteiger partial charge >= 0.3 is 0 Å². The standard InChI is InChI=1S/C14H28O2S2/c1-11(15)17-8-6-13-4-3-5-14(10-13)7-9-18-12(2)16/h11-16H,3-10H2,1-2H3. The predicted molar refractivity (Wildman–Crippen MR) is 83.0 cm³/mol. The molecule has 1 fully saturated rings. The minimum absolute atomic E-state index is 0.216. The van der Waals surface area contributed by atoms with Crippen LogP contribution in [0.1, 0.15) is 52.4 Å². The Morgan fingerprint density at radius 3 is 1.78 bits per heavy atom. The summed E-state index contributed by atoms with van der Waals surface area (Å²) in [5.74, 6) is 3.92. The Balaban J connectivity index is 2.11. The van der Waals surface area contributed by atoms with Gasteiger partial charge < -0.3 is 10.2 Å². The smallest absolute Gasteiger partial charge is 0.0964 e. The highest BCUT2D eigenvalue weighted by molar-refractivity contribution is 7.99. The largest absolute Gasteiger partial charge is 0.383 e. The second-order valence-corrected chi connectivity index (χ2v) is 8.26. The molecule has 1 saturated carbocycles. The zero-order chi connectivity index (χ0) is 13.4. The van der Waals surface area contributed by atoms with Crippen molar-refractivity contribution in [2.45, 2.75) is 63.2 Å². The van der Waals surface area contributed by atoms with Gasteiger partial charge in [0.15, 0.2) is 0 Å². The number of rotatable bonds is 8. The van der Waals surface area contributed by atoms with Gasteiger partial charge in [-0.3, -0.25) is 0 Å². The molecule has 0 aromatic carbocycles. The zero-order valence-corrected chi connectivity index (χ0v) is 13.3. The molecule has 18 heavy (non-hydrogen) atoms. The van der Waals surface area contributed by atoms with E-state index in [0.717, 1.165) is 23.3 Å². The minimum atomic E-state index is -0.216. The van der Waals surface area contributed by atoms with Gasteiger partial charge in [0.2, 0.25) is 0 Å². The first kappa shape index (κ1) is 16.7. The average Bonchev–Trinajstić information content (AvgIpc) is 2.28. The Hall–Kier alpha value is 0.620. The van der Waals surface area contributed by atoms with Crippen molar-refractivity contribution in [2.24, 2.45) is 11.8 Å². The molecule has 2 nitrogen and oxygen atoms in total. The maximum atomic E-state index is 9.24. The van der Waals surface area contributed by atoms with Crippen molar-refractivity contribution in [1.82, 2.24) is 0 Å². The number of thioether (sulfide) groups is 2. The molecule has 0 radical (unpaired) electrons. The van der Waals surface area contributed by atoms with Crippen LogP contribution in [0.2, 0.25) is 0 Å². The van der Waals surface area contributed by atoms with Crippen molar-refractivity contribution in [3.8, 4) is 0 Å². The third kappa shape index (κ3) is 7.93. The van der Waals surface area contributed by atoms with Crippen LogP contribution in [-0.2, 0) is 0 Å². The topological polar surface area (TPSA) is 40.5 Å². The fourth-order valence-electron chi connectivity index (χ4n) is 2.74. The SMILES string of the molecule is CC(O)SCCC1CCCC(CCSC(C)O)C1. The fraction of sp³-hybridized carbons (Fsp3) is 1.00. The summed E-state index contributed by atoms with van der Waals surface area (Å²) in [7, 11) is 0. The molecule has 0 saturated heterocycles. The van der Waals surface area contributed by atoms with Gasteiger partial charge in [-0.1, -0.05) is 19.3 Å². The number of hydrogen-bond donors (Lipinski definition) is 2. The number of aliphatic hydroxyl groups is 2. The zero-order valence-electron chi connectivity index (χ0n) is 11.7. The van der Waals surface area contributed by atoms with E-state index in [1.807, 2.05) is 13.8 Å². The summed E-state index contributed by atoms with van der Waals surface area (Å²) in [5.41, 5.74) is -0.432. The summed E-state index contributed by atoms with van der Waals surface area (Å²) < 4.78 is 0. The van der Waals surface area contributed by atoms with Crippen LogP contribution in [0.3, 0.4) is 0 Å². The molecule has 0 spiro atoms. The lowest BCUT2D eigenvalue weighted by atomic mass is 9.79. The van der Waals surface area contributed by atoms with Crippen LogP contribution in [0.25, 0.3) is 0 Å². The van der Waals surface area contributed by atoms with E-state index in [0.29, 0.717) is 0 Å². The Labute approximate surface area is 120 Å². The summed E-state index contributed by atoms with van der Waals surface area (Å²) in [5, 5.41) is 18.5. The highest BCUT2D eigenvalue weighted by atomic mass is 32.2. The van der Waals surface area contributed by atoms with Gasteiger partial charge in [-0.15, -0.1) is 23.5 Å². The number of hydrogen-bond acceptors (Lipinski definition) is 4. The lowest BCUT2D eigenvalue weighted by Gasteiger charge is -2.29. The van der Waals surface area contributed by atoms with E-state index in [2.05, 4.69) is 0 Å². The fourth-order valence-corrected chi connectivity index (χ4v) is 4.36. The van der Waals surface area contributed by atoms with Gasteiger partial charge in [-0.2, -0.15) is 0 Å². The molecule has 1 aliphatic rings. The van der Waals surface area contributed by atoms with Crippen molar-refractivity contribution in [3.05, 3.63) is 0 Å². The quantitative estimate of drug-likeness (QED) is 0.669. The van der Waals surface area contributed by atoms with Crippen molar-refractivity contribution >= 4 is 23.5 Å². The Morgan fingerprint density at radius 1 is 0.944 bits per heavy atom. The Morgan fingerprint density at radius 2 is 1.39 bits per heavy atom. The molecule has 108 valence electrons. The molecule has 0 aromatic rings. The first-order valence-corrected chi connectivity index (χ1v) is 9.27. The lowest BCUT2D eigenvalue weighted by Crippen LogP contribution is -2.17. The molecule has 4 atom stereocenters. The molecular weight excluding hydrogens is 264 g/mol. The summed E-state index contributed by atoms with van der Waals surface area (Å²) in [6.45, 7) is 3.70. The van der Waals surface area contributed by atoms with Crippen LogP contribution >= 0.6 is 23.5 Å². The maximum absolute atomic E-state index is 9.24. The second kappa shape index (κ2) is 9.51. The van der Waals surface area contributed by atoms with Crippen molar-refractivity contribution < 1.29 is 10.2 Å². The number of aliphatic hydroxyl groups excluding tert-OH is 2. The van der Waals surface area contributed by atoms with E-state index in [-0.39, 0.29) is 10.9 Å². The summed E-state index contributed by atoms with van der Waals surface area (Å²) in [6, 6.07) is 0. The highest BCUT2D eigenvalue weighted by Crippen LogP contribution is 2.34. The predicted octanol–water partition coefficient (Wildman–Crippen LogP) is 3.72. The van der Waals surface area contributed by atoms with E-state index in [1.165, 1.54) is 38.5 Å². The van der Waals surface area contributed by atoms with Gasteiger partial charge in [-0.05, 0) is 56.5 Å². The molecule has 0 bridgehead atoms. The molecular formula is C14H28O2S2. The molecule has 4 heteroatoms. The van der Waals surface area contributed by atoms with E-state index < -0.39 is 0 Å². The molecule has 4 unspecified atom stereocenters. The van der Waals surface area contributed by atoms with Crippen LogP contribution in [0.4, 0.5) is 0 Å². The van der Waals surface area contributed by atoms with Crippen LogP contribution in [0.15, 0.2) is 0 Å². The normalized spacial score (nSPS) is 28.0. The van der Waals surface area contributed by atoms with Gasteiger partial charge in [0.1, 0.15) is 0 Å². The van der Waals surface area contributed by atoms with Crippen molar-refractivity contribution in [1.29, 1.82) is 0 Å². The third-order valence-electron chi connectivity index (χ3n) is 3.66. The van der Waals surface area contributed by atoms with Crippen LogP contribution in [0, 0.1) is 11.8 Å². The van der Waals surface area contributed by atoms with Gasteiger partial charge in [0, 0.05) is 0 Å². The van der Waals surface area contributed by atoms with E-state index >= 15 is 0 Å². The molecule has 2 N–H and O–H groups in total. The van der Waals surface area contributed by atoms with Crippen molar-refractivity contribution in [3.63, 3.8) is 0 Å². The minimum Gasteiger partial charge on any atom is -0.383 e. The molecule has 1 aliphatic carbocycles. The van der Waals surface area contributed by atoms with Gasteiger partial charge in [0.05, 0.1) is 10.9 Å². The first-order valence-electron chi connectivity index (χ1n) is 7.17. The molecule has 0 heterocycles. The van der Waals surface area contributed by atoms with Gasteiger partial charge in [0.25, 0.3) is 0 Å².